The van der Waals surface area contributed by atoms with E-state index < -0.39 is 6.10 Å². The van der Waals surface area contributed by atoms with Crippen LogP contribution >= 0.6 is 0 Å². The molecule has 3 heterocycles. The van der Waals surface area contributed by atoms with E-state index >= 15 is 0 Å². The standard InChI is InChI=1S/C16H21NO5/c1-9-6-7-21-14(9)15(18)17-10(2)4-5-12-11(17)8-13(22-12)16(19)20-3/h6-7,10-13H,4-5,8H2,1-3H3. The molecule has 3 rings (SSSR count). The van der Waals surface area contributed by atoms with Crippen LogP contribution in [0.15, 0.2) is 16.7 Å². The van der Waals surface area contributed by atoms with Crippen molar-refractivity contribution in [3.8, 4) is 0 Å². The molecule has 0 N–H and O–H groups in total. The number of amides is 1. The molecule has 2 aliphatic heterocycles. The zero-order valence-electron chi connectivity index (χ0n) is 13.1. The largest absolute Gasteiger partial charge is 0.467 e. The average Bonchev–Trinajstić information content (AvgIpc) is 3.11. The van der Waals surface area contributed by atoms with E-state index in [9.17, 15) is 9.59 Å². The quantitative estimate of drug-likeness (QED) is 0.781. The molecule has 0 aromatic carbocycles. The minimum Gasteiger partial charge on any atom is -0.467 e. The van der Waals surface area contributed by atoms with E-state index in [4.69, 9.17) is 13.9 Å². The van der Waals surface area contributed by atoms with Crippen LogP contribution in [0.5, 0.6) is 0 Å². The molecule has 0 saturated carbocycles. The van der Waals surface area contributed by atoms with E-state index in [1.54, 1.807) is 6.07 Å². The van der Waals surface area contributed by atoms with E-state index in [0.29, 0.717) is 12.2 Å². The number of hydrogen-bond donors (Lipinski definition) is 0. The highest BCUT2D eigenvalue weighted by Gasteiger charge is 2.48. The number of carbonyl (C=O) groups excluding carboxylic acids is 2. The van der Waals surface area contributed by atoms with Crippen LogP contribution in [0, 0.1) is 6.92 Å². The van der Waals surface area contributed by atoms with Gasteiger partial charge in [0.2, 0.25) is 0 Å². The zero-order chi connectivity index (χ0) is 15.9. The molecule has 2 fully saturated rings. The summed E-state index contributed by atoms with van der Waals surface area (Å²) >= 11 is 0. The van der Waals surface area contributed by atoms with Crippen LogP contribution in [0.1, 0.15) is 42.3 Å². The molecule has 4 unspecified atom stereocenters. The number of aryl methyl sites for hydroxylation is 1. The van der Waals surface area contributed by atoms with Gasteiger partial charge in [-0.2, -0.15) is 0 Å². The normalized spacial score (nSPS) is 31.0. The van der Waals surface area contributed by atoms with Crippen LogP contribution < -0.4 is 0 Å². The topological polar surface area (TPSA) is 69.0 Å². The van der Waals surface area contributed by atoms with Gasteiger partial charge in [-0.15, -0.1) is 0 Å². The second kappa shape index (κ2) is 5.76. The number of likely N-dealkylation sites (tertiary alicyclic amines) is 1. The first-order valence-electron chi connectivity index (χ1n) is 7.63. The Morgan fingerprint density at radius 2 is 2.14 bits per heavy atom. The Balaban J connectivity index is 1.84. The summed E-state index contributed by atoms with van der Waals surface area (Å²) in [5, 5.41) is 0. The van der Waals surface area contributed by atoms with Crippen LogP contribution in [0.4, 0.5) is 0 Å². The molecule has 6 heteroatoms. The molecule has 1 aromatic heterocycles. The summed E-state index contributed by atoms with van der Waals surface area (Å²) in [6.07, 6.45) is 3.00. The van der Waals surface area contributed by atoms with E-state index in [2.05, 4.69) is 0 Å². The Hall–Kier alpha value is -1.82. The third kappa shape index (κ3) is 2.41. The van der Waals surface area contributed by atoms with Crippen molar-refractivity contribution in [1.29, 1.82) is 0 Å². The number of rotatable bonds is 2. The average molecular weight is 307 g/mol. The van der Waals surface area contributed by atoms with Crippen molar-refractivity contribution in [3.63, 3.8) is 0 Å². The number of piperidine rings is 1. The van der Waals surface area contributed by atoms with Gasteiger partial charge in [-0.05, 0) is 32.8 Å². The molecular weight excluding hydrogens is 286 g/mol. The highest BCUT2D eigenvalue weighted by atomic mass is 16.6. The van der Waals surface area contributed by atoms with Crippen molar-refractivity contribution >= 4 is 11.9 Å². The molecule has 2 saturated heterocycles. The monoisotopic (exact) mass is 307 g/mol. The number of methoxy groups -OCH3 is 1. The number of carbonyl (C=O) groups is 2. The summed E-state index contributed by atoms with van der Waals surface area (Å²) in [5.74, 6) is -0.128. The smallest absolute Gasteiger partial charge is 0.335 e. The molecule has 6 nitrogen and oxygen atoms in total. The van der Waals surface area contributed by atoms with Gasteiger partial charge in [-0.1, -0.05) is 0 Å². The van der Waals surface area contributed by atoms with Crippen molar-refractivity contribution in [2.75, 3.05) is 7.11 Å². The van der Waals surface area contributed by atoms with Gasteiger partial charge in [-0.25, -0.2) is 4.79 Å². The van der Waals surface area contributed by atoms with E-state index in [0.717, 1.165) is 18.4 Å². The Bertz CT molecular complexity index is 581. The maximum Gasteiger partial charge on any atom is 0.335 e. The molecule has 0 aliphatic carbocycles. The summed E-state index contributed by atoms with van der Waals surface area (Å²) in [6, 6.07) is 1.77. The van der Waals surface area contributed by atoms with Crippen LogP contribution in [-0.4, -0.2) is 48.2 Å². The van der Waals surface area contributed by atoms with Crippen LogP contribution in [0.3, 0.4) is 0 Å². The van der Waals surface area contributed by atoms with Crippen molar-refractivity contribution in [2.24, 2.45) is 0 Å². The number of esters is 1. The molecule has 1 aromatic rings. The van der Waals surface area contributed by atoms with Crippen LogP contribution in [0.25, 0.3) is 0 Å². The lowest BCUT2D eigenvalue weighted by Gasteiger charge is -2.41. The van der Waals surface area contributed by atoms with E-state index in [-0.39, 0.29) is 30.1 Å². The summed E-state index contributed by atoms with van der Waals surface area (Å²) < 4.78 is 15.9. The zero-order valence-corrected chi connectivity index (χ0v) is 13.1. The molecule has 2 aliphatic rings. The van der Waals surface area contributed by atoms with Gasteiger partial charge in [0.1, 0.15) is 0 Å². The van der Waals surface area contributed by atoms with Gasteiger partial charge in [0, 0.05) is 18.0 Å². The summed E-state index contributed by atoms with van der Waals surface area (Å²) in [4.78, 5) is 26.4. The summed E-state index contributed by atoms with van der Waals surface area (Å²) in [5.41, 5.74) is 0.822. The number of ether oxygens (including phenoxy) is 2. The Labute approximate surface area is 129 Å². The van der Waals surface area contributed by atoms with Gasteiger partial charge < -0.3 is 18.8 Å². The van der Waals surface area contributed by atoms with Gasteiger partial charge in [0.25, 0.3) is 5.91 Å². The molecule has 4 atom stereocenters. The van der Waals surface area contributed by atoms with Gasteiger partial charge in [0.05, 0.1) is 25.5 Å². The SMILES string of the molecule is COC(=O)C1CC2C(CCC(C)N2C(=O)c2occc2C)O1. The Morgan fingerprint density at radius 3 is 2.77 bits per heavy atom. The number of furan rings is 1. The van der Waals surface area contributed by atoms with Gasteiger partial charge in [-0.3, -0.25) is 4.79 Å². The Morgan fingerprint density at radius 1 is 1.36 bits per heavy atom. The minimum absolute atomic E-state index is 0.0956. The fraction of sp³-hybridized carbons (Fsp3) is 0.625. The van der Waals surface area contributed by atoms with Crippen molar-refractivity contribution in [2.45, 2.75) is 57.4 Å². The van der Waals surface area contributed by atoms with Crippen molar-refractivity contribution in [1.82, 2.24) is 4.90 Å². The fourth-order valence-electron chi connectivity index (χ4n) is 3.50. The summed E-state index contributed by atoms with van der Waals surface area (Å²) in [7, 11) is 1.35. The molecule has 0 bridgehead atoms. The lowest BCUT2D eigenvalue weighted by Crippen LogP contribution is -2.53. The second-order valence-electron chi connectivity index (χ2n) is 6.06. The van der Waals surface area contributed by atoms with Crippen LogP contribution in [0.2, 0.25) is 0 Å². The van der Waals surface area contributed by atoms with E-state index in [1.807, 2.05) is 18.7 Å². The second-order valence-corrected chi connectivity index (χ2v) is 6.06. The third-order valence-corrected chi connectivity index (χ3v) is 4.68. The molecular formula is C16H21NO5. The fourth-order valence-corrected chi connectivity index (χ4v) is 3.50. The Kier molecular flexibility index (Phi) is 3.95. The molecule has 22 heavy (non-hydrogen) atoms. The van der Waals surface area contributed by atoms with Crippen molar-refractivity contribution in [3.05, 3.63) is 23.7 Å². The maximum absolute atomic E-state index is 12.8. The van der Waals surface area contributed by atoms with E-state index in [1.165, 1.54) is 13.4 Å². The highest BCUT2D eigenvalue weighted by molar-refractivity contribution is 5.93. The molecule has 0 spiro atoms. The predicted octanol–water partition coefficient (Wildman–Crippen LogP) is 1.91. The first-order chi connectivity index (χ1) is 10.5. The first-order valence-corrected chi connectivity index (χ1v) is 7.63. The summed E-state index contributed by atoms with van der Waals surface area (Å²) in [6.45, 7) is 3.88. The van der Waals surface area contributed by atoms with Gasteiger partial charge >= 0.3 is 5.97 Å². The van der Waals surface area contributed by atoms with Crippen molar-refractivity contribution < 1.29 is 23.5 Å². The first kappa shape index (κ1) is 15.1. The van der Waals surface area contributed by atoms with Crippen LogP contribution in [-0.2, 0) is 14.3 Å². The molecule has 1 amide bonds. The number of hydrogen-bond acceptors (Lipinski definition) is 5. The highest BCUT2D eigenvalue weighted by Crippen LogP contribution is 2.36. The lowest BCUT2D eigenvalue weighted by atomic mass is 9.92. The molecule has 120 valence electrons. The number of fused-ring (bicyclic) bond motifs is 1. The maximum atomic E-state index is 12.8. The number of nitrogens with zero attached hydrogens (tertiary/aromatic N) is 1. The predicted molar refractivity (Wildman–Crippen MR) is 77.4 cm³/mol. The third-order valence-electron chi connectivity index (χ3n) is 4.68. The minimum atomic E-state index is -0.585. The lowest BCUT2D eigenvalue weighted by molar-refractivity contribution is -0.153. The van der Waals surface area contributed by atoms with Gasteiger partial charge in [0.15, 0.2) is 11.9 Å². The molecule has 0 radical (unpaired) electrons.